The number of aromatic nitrogens is 4. The van der Waals surface area contributed by atoms with Crippen LogP contribution < -0.4 is 15.4 Å². The quantitative estimate of drug-likeness (QED) is 0.432. The molecular weight excluding hydrogens is 487 g/mol. The Labute approximate surface area is 201 Å². The molecule has 12 nitrogen and oxygen atoms in total. The molecule has 1 aliphatic heterocycles. The molecule has 15 heteroatoms. The average Bonchev–Trinajstić information content (AvgIpc) is 3.45. The van der Waals surface area contributed by atoms with Gasteiger partial charge in [-0.25, -0.2) is 19.7 Å². The van der Waals surface area contributed by atoms with E-state index in [1.807, 2.05) is 0 Å². The monoisotopic (exact) mass is 507 g/mol. The van der Waals surface area contributed by atoms with E-state index in [0.717, 1.165) is 6.20 Å². The molecular formula is C21H20F3N7O5. The first-order chi connectivity index (χ1) is 17.1. The van der Waals surface area contributed by atoms with E-state index in [0.29, 0.717) is 43.9 Å². The molecule has 1 fully saturated rings. The van der Waals surface area contributed by atoms with E-state index >= 15 is 0 Å². The van der Waals surface area contributed by atoms with E-state index in [2.05, 4.69) is 30.7 Å². The highest BCUT2D eigenvalue weighted by atomic mass is 19.4. The summed E-state index contributed by atoms with van der Waals surface area (Å²) in [6.45, 7) is 2.69. The molecule has 0 radical (unpaired) electrons. The van der Waals surface area contributed by atoms with Crippen molar-refractivity contribution < 1.29 is 37.1 Å². The van der Waals surface area contributed by atoms with E-state index in [1.54, 1.807) is 12.1 Å². The van der Waals surface area contributed by atoms with Gasteiger partial charge in [0.15, 0.2) is 11.5 Å². The number of halogens is 3. The van der Waals surface area contributed by atoms with Gasteiger partial charge in [0.05, 0.1) is 36.6 Å². The summed E-state index contributed by atoms with van der Waals surface area (Å²) in [6, 6.07) is 3.12. The van der Waals surface area contributed by atoms with Crippen LogP contribution in [0.2, 0.25) is 0 Å². The normalized spacial score (nSPS) is 15.6. The maximum atomic E-state index is 12.8. The van der Waals surface area contributed by atoms with Crippen LogP contribution in [0.5, 0.6) is 5.88 Å². The summed E-state index contributed by atoms with van der Waals surface area (Å²) >= 11 is 0. The number of anilines is 3. The smallest absolute Gasteiger partial charge is 0.434 e. The number of hydrogen-bond donors (Lipinski definition) is 3. The fraction of sp³-hybridized carbons (Fsp3) is 0.333. The van der Waals surface area contributed by atoms with Crippen LogP contribution in [0.4, 0.5) is 35.4 Å². The van der Waals surface area contributed by atoms with Crippen molar-refractivity contribution in [3.8, 4) is 5.88 Å². The van der Waals surface area contributed by atoms with Crippen molar-refractivity contribution in [2.45, 2.75) is 19.5 Å². The third-order valence-electron chi connectivity index (χ3n) is 5.29. The SMILES string of the molecule is Cc1noc(Nc2cnc(C(F)(F)F)cn2)c1C(=O)Nc1ccc(OC[C@H]2CCN(C(=O)O)C2)nc1. The number of likely N-dealkylation sites (tertiary alicyclic amines) is 1. The fourth-order valence-electron chi connectivity index (χ4n) is 3.46. The average molecular weight is 507 g/mol. The summed E-state index contributed by atoms with van der Waals surface area (Å²) in [5.41, 5.74) is -0.577. The number of nitrogens with one attached hydrogen (secondary N) is 2. The highest BCUT2D eigenvalue weighted by molar-refractivity contribution is 6.08. The number of hydrogen-bond acceptors (Lipinski definition) is 9. The van der Waals surface area contributed by atoms with E-state index in [1.165, 1.54) is 18.0 Å². The Balaban J connectivity index is 1.35. The zero-order chi connectivity index (χ0) is 25.9. The third-order valence-corrected chi connectivity index (χ3v) is 5.29. The number of carbonyl (C=O) groups is 2. The lowest BCUT2D eigenvalue weighted by Crippen LogP contribution is -2.27. The van der Waals surface area contributed by atoms with Crippen LogP contribution >= 0.6 is 0 Å². The summed E-state index contributed by atoms with van der Waals surface area (Å²) in [7, 11) is 0. The number of alkyl halides is 3. The van der Waals surface area contributed by atoms with Gasteiger partial charge in [-0.05, 0) is 19.4 Å². The molecule has 0 spiro atoms. The first kappa shape index (κ1) is 24.7. The largest absolute Gasteiger partial charge is 0.477 e. The molecule has 1 aliphatic rings. The van der Waals surface area contributed by atoms with Gasteiger partial charge in [-0.2, -0.15) is 13.2 Å². The molecule has 1 atom stereocenters. The van der Waals surface area contributed by atoms with Gasteiger partial charge < -0.3 is 29.9 Å². The summed E-state index contributed by atoms with van der Waals surface area (Å²) in [5.74, 6) is -0.430. The minimum Gasteiger partial charge on any atom is -0.477 e. The van der Waals surface area contributed by atoms with Gasteiger partial charge in [-0.15, -0.1) is 0 Å². The Morgan fingerprint density at radius 2 is 2.03 bits per heavy atom. The number of carboxylic acid groups (broad SMARTS) is 1. The Hall–Kier alpha value is -4.43. The minimum atomic E-state index is -4.63. The van der Waals surface area contributed by atoms with Gasteiger partial charge in [-0.1, -0.05) is 5.16 Å². The number of ether oxygens (including phenoxy) is 1. The van der Waals surface area contributed by atoms with Gasteiger partial charge in [-0.3, -0.25) is 4.79 Å². The van der Waals surface area contributed by atoms with Crippen LogP contribution in [0.25, 0.3) is 0 Å². The molecule has 0 saturated carbocycles. The topological polar surface area (TPSA) is 156 Å². The third kappa shape index (κ3) is 5.79. The molecule has 0 aliphatic carbocycles. The molecule has 4 heterocycles. The molecule has 0 unspecified atom stereocenters. The van der Waals surface area contributed by atoms with E-state index < -0.39 is 23.9 Å². The molecule has 190 valence electrons. The van der Waals surface area contributed by atoms with Crippen molar-refractivity contribution in [2.24, 2.45) is 5.92 Å². The zero-order valence-corrected chi connectivity index (χ0v) is 18.7. The van der Waals surface area contributed by atoms with Crippen molar-refractivity contribution in [2.75, 3.05) is 30.3 Å². The van der Waals surface area contributed by atoms with Crippen molar-refractivity contribution >= 4 is 29.4 Å². The molecule has 3 aromatic heterocycles. The van der Waals surface area contributed by atoms with E-state index in [4.69, 9.17) is 14.4 Å². The molecule has 1 saturated heterocycles. The number of rotatable bonds is 7. The number of aryl methyl sites for hydroxylation is 1. The Morgan fingerprint density at radius 1 is 1.22 bits per heavy atom. The molecule has 36 heavy (non-hydrogen) atoms. The van der Waals surface area contributed by atoms with Crippen molar-refractivity contribution in [1.29, 1.82) is 0 Å². The van der Waals surface area contributed by atoms with Gasteiger partial charge in [0, 0.05) is 25.1 Å². The molecule has 3 N–H and O–H groups in total. The molecule has 0 bridgehead atoms. The number of amides is 2. The second kappa shape index (κ2) is 10.1. The lowest BCUT2D eigenvalue weighted by molar-refractivity contribution is -0.141. The second-order valence-corrected chi connectivity index (χ2v) is 7.92. The van der Waals surface area contributed by atoms with E-state index in [-0.39, 0.29) is 28.9 Å². The van der Waals surface area contributed by atoms with Crippen LogP contribution in [0.1, 0.15) is 28.2 Å². The van der Waals surface area contributed by atoms with Crippen LogP contribution in [0.3, 0.4) is 0 Å². The molecule has 3 aromatic rings. The lowest BCUT2D eigenvalue weighted by atomic mass is 10.1. The van der Waals surface area contributed by atoms with Crippen molar-refractivity contribution in [3.05, 3.63) is 47.7 Å². The van der Waals surface area contributed by atoms with Gasteiger partial charge in [0.1, 0.15) is 5.56 Å². The highest BCUT2D eigenvalue weighted by Crippen LogP contribution is 2.28. The van der Waals surface area contributed by atoms with Crippen LogP contribution in [0, 0.1) is 12.8 Å². The Kier molecular flexibility index (Phi) is 6.89. The number of carbonyl (C=O) groups excluding carboxylic acids is 1. The summed E-state index contributed by atoms with van der Waals surface area (Å²) in [6.07, 6.45) is -2.10. The summed E-state index contributed by atoms with van der Waals surface area (Å²) in [4.78, 5) is 36.2. The maximum Gasteiger partial charge on any atom is 0.434 e. The highest BCUT2D eigenvalue weighted by Gasteiger charge is 2.33. The number of pyridine rings is 1. The predicted molar refractivity (Wildman–Crippen MR) is 117 cm³/mol. The van der Waals surface area contributed by atoms with Crippen molar-refractivity contribution in [1.82, 2.24) is 25.0 Å². The molecule has 2 amide bonds. The van der Waals surface area contributed by atoms with Gasteiger partial charge in [0.25, 0.3) is 5.91 Å². The van der Waals surface area contributed by atoms with Crippen molar-refractivity contribution in [3.63, 3.8) is 0 Å². The van der Waals surface area contributed by atoms with Gasteiger partial charge in [0.2, 0.25) is 11.8 Å². The number of nitrogens with zero attached hydrogens (tertiary/aromatic N) is 5. The zero-order valence-electron chi connectivity index (χ0n) is 18.7. The molecule has 0 aromatic carbocycles. The first-order valence-corrected chi connectivity index (χ1v) is 10.6. The lowest BCUT2D eigenvalue weighted by Gasteiger charge is -2.13. The summed E-state index contributed by atoms with van der Waals surface area (Å²) < 4.78 is 48.7. The van der Waals surface area contributed by atoms with Gasteiger partial charge >= 0.3 is 12.3 Å². The first-order valence-electron chi connectivity index (χ1n) is 10.6. The fourth-order valence-corrected chi connectivity index (χ4v) is 3.46. The Bertz CT molecular complexity index is 1230. The maximum absolute atomic E-state index is 12.8. The van der Waals surface area contributed by atoms with Crippen LogP contribution in [-0.2, 0) is 6.18 Å². The molecule has 4 rings (SSSR count). The predicted octanol–water partition coefficient (Wildman–Crippen LogP) is 3.56. The standard InChI is InChI=1S/C21H20F3N7O5/c1-11-17(19(36-30-11)29-15-8-25-14(7-26-15)21(22,23)24)18(32)28-13-2-3-16(27-6-13)35-10-12-4-5-31(9-12)20(33)34/h2-3,6-8,12H,4-5,9-10H2,1H3,(H,26,29)(H,28,32)(H,33,34)/t12-/m0/s1. The van der Waals surface area contributed by atoms with E-state index in [9.17, 15) is 22.8 Å². The van der Waals surface area contributed by atoms with Crippen LogP contribution in [0.15, 0.2) is 35.2 Å². The Morgan fingerprint density at radius 3 is 2.64 bits per heavy atom. The second-order valence-electron chi connectivity index (χ2n) is 7.92. The minimum absolute atomic E-state index is 0.0150. The summed E-state index contributed by atoms with van der Waals surface area (Å²) in [5, 5.41) is 18.0. The van der Waals surface area contributed by atoms with Crippen LogP contribution in [-0.4, -0.2) is 61.8 Å².